The molecule has 3 aromatic rings. The molecule has 6 heteroatoms. The van der Waals surface area contributed by atoms with Crippen LogP contribution in [0.5, 0.6) is 5.75 Å². The number of fused-ring (bicyclic) bond motifs is 1. The zero-order valence-corrected chi connectivity index (χ0v) is 21.8. The molecule has 2 aromatic carbocycles. The molecule has 1 aromatic heterocycles. The number of allylic oxidation sites excluding steroid dienone is 2. The lowest BCUT2D eigenvalue weighted by Gasteiger charge is -2.26. The molecule has 0 aliphatic carbocycles. The molecule has 0 spiro atoms. The van der Waals surface area contributed by atoms with Crippen molar-refractivity contribution in [1.82, 2.24) is 19.4 Å². The quantitative estimate of drug-likeness (QED) is 0.353. The van der Waals surface area contributed by atoms with Gasteiger partial charge in [0.1, 0.15) is 5.75 Å². The lowest BCUT2D eigenvalue weighted by Crippen LogP contribution is -2.35. The molecule has 0 saturated carbocycles. The van der Waals surface area contributed by atoms with E-state index in [0.717, 1.165) is 35.1 Å². The Kier molecular flexibility index (Phi) is 9.74. The number of benzene rings is 2. The third-order valence-corrected chi connectivity index (χ3v) is 5.98. The van der Waals surface area contributed by atoms with Crippen LogP contribution >= 0.6 is 0 Å². The second kappa shape index (κ2) is 13.2. The van der Waals surface area contributed by atoms with Crippen LogP contribution in [0.15, 0.2) is 71.2 Å². The largest absolute Gasteiger partial charge is 0.497 e. The van der Waals surface area contributed by atoms with Crippen molar-refractivity contribution in [1.29, 1.82) is 0 Å². The van der Waals surface area contributed by atoms with Gasteiger partial charge in [0, 0.05) is 30.3 Å². The van der Waals surface area contributed by atoms with Gasteiger partial charge in [-0.25, -0.2) is 4.98 Å². The highest BCUT2D eigenvalue weighted by Gasteiger charge is 2.13. The maximum atomic E-state index is 12.6. The molecule has 1 atom stereocenters. The van der Waals surface area contributed by atoms with E-state index in [9.17, 15) is 4.79 Å². The van der Waals surface area contributed by atoms with E-state index in [1.54, 1.807) is 11.7 Å². The highest BCUT2D eigenvalue weighted by Crippen LogP contribution is 2.18. The molecule has 0 bridgehead atoms. The molecule has 0 radical (unpaired) electrons. The first kappa shape index (κ1) is 26.6. The van der Waals surface area contributed by atoms with Crippen LogP contribution in [0.25, 0.3) is 11.0 Å². The Labute approximate surface area is 214 Å². The van der Waals surface area contributed by atoms with Crippen LogP contribution in [-0.2, 0) is 6.67 Å². The summed E-state index contributed by atoms with van der Waals surface area (Å²) >= 11 is 0. The van der Waals surface area contributed by atoms with Gasteiger partial charge < -0.3 is 9.64 Å². The molecule has 0 aliphatic rings. The number of hydrogen-bond acceptors (Lipinski definition) is 5. The summed E-state index contributed by atoms with van der Waals surface area (Å²) in [6.45, 7) is 7.95. The molecule has 1 heterocycles. The summed E-state index contributed by atoms with van der Waals surface area (Å²) in [7, 11) is 3.63. The SMILES string of the molecule is C/C=C(\C)C#CCN(C#Cc1ccccc1)C(C)CCN(C)Cn1c(=O)cnc2ccc(OC)cc21. The smallest absolute Gasteiger partial charge is 0.270 e. The zero-order chi connectivity index (χ0) is 25.9. The van der Waals surface area contributed by atoms with E-state index >= 15 is 0 Å². The van der Waals surface area contributed by atoms with E-state index in [1.165, 1.54) is 6.20 Å². The first-order chi connectivity index (χ1) is 17.4. The Hall–Kier alpha value is -4.00. The topological polar surface area (TPSA) is 50.6 Å². The summed E-state index contributed by atoms with van der Waals surface area (Å²) in [6.07, 6.45) is 4.24. The monoisotopic (exact) mass is 482 g/mol. The van der Waals surface area contributed by atoms with Crippen LogP contribution in [0.2, 0.25) is 0 Å². The summed E-state index contributed by atoms with van der Waals surface area (Å²) in [4.78, 5) is 21.1. The minimum atomic E-state index is -0.138. The fourth-order valence-corrected chi connectivity index (χ4v) is 3.59. The molecule has 0 amide bonds. The Bertz CT molecular complexity index is 1370. The third kappa shape index (κ3) is 7.50. The lowest BCUT2D eigenvalue weighted by atomic mass is 10.2. The predicted octanol–water partition coefficient (Wildman–Crippen LogP) is 4.35. The lowest BCUT2D eigenvalue weighted by molar-refractivity contribution is 0.229. The number of rotatable bonds is 8. The molecule has 0 saturated heterocycles. The van der Waals surface area contributed by atoms with Gasteiger partial charge in [-0.2, -0.15) is 0 Å². The van der Waals surface area contributed by atoms with Crippen molar-refractivity contribution in [3.8, 4) is 29.6 Å². The average molecular weight is 483 g/mol. The third-order valence-electron chi connectivity index (χ3n) is 5.98. The van der Waals surface area contributed by atoms with Crippen molar-refractivity contribution >= 4 is 11.0 Å². The van der Waals surface area contributed by atoms with Gasteiger partial charge in [-0.1, -0.05) is 36.1 Å². The summed E-state index contributed by atoms with van der Waals surface area (Å²) in [5.74, 6) is 10.4. The molecule has 1 unspecified atom stereocenters. The fraction of sp³-hybridized carbons (Fsp3) is 0.333. The molecular formula is C30H34N4O2. The van der Waals surface area contributed by atoms with Gasteiger partial charge in [-0.15, -0.1) is 0 Å². The minimum Gasteiger partial charge on any atom is -0.497 e. The number of methoxy groups -OCH3 is 1. The molecular weight excluding hydrogens is 448 g/mol. The van der Waals surface area contributed by atoms with E-state index < -0.39 is 0 Å². The van der Waals surface area contributed by atoms with Crippen LogP contribution in [0, 0.1) is 23.8 Å². The van der Waals surface area contributed by atoms with Gasteiger partial charge in [0.05, 0.1) is 37.6 Å². The van der Waals surface area contributed by atoms with Crippen molar-refractivity contribution < 1.29 is 4.74 Å². The van der Waals surface area contributed by atoms with E-state index in [0.29, 0.717) is 19.0 Å². The van der Waals surface area contributed by atoms with Crippen molar-refractivity contribution in [3.63, 3.8) is 0 Å². The normalized spacial score (nSPS) is 11.9. The van der Waals surface area contributed by atoms with Gasteiger partial charge >= 0.3 is 0 Å². The van der Waals surface area contributed by atoms with Gasteiger partial charge in [0.2, 0.25) is 0 Å². The Morgan fingerprint density at radius 3 is 2.72 bits per heavy atom. The van der Waals surface area contributed by atoms with Crippen molar-refractivity contribution in [2.45, 2.75) is 39.9 Å². The minimum absolute atomic E-state index is 0.138. The van der Waals surface area contributed by atoms with Crippen molar-refractivity contribution in [2.24, 2.45) is 0 Å². The predicted molar refractivity (Wildman–Crippen MR) is 146 cm³/mol. The van der Waals surface area contributed by atoms with Crippen LogP contribution in [0.1, 0.15) is 32.8 Å². The Morgan fingerprint density at radius 1 is 1.22 bits per heavy atom. The van der Waals surface area contributed by atoms with E-state index in [2.05, 4.69) is 45.5 Å². The molecule has 36 heavy (non-hydrogen) atoms. The average Bonchev–Trinajstić information content (AvgIpc) is 2.90. The first-order valence-electron chi connectivity index (χ1n) is 12.1. The molecule has 6 nitrogen and oxygen atoms in total. The first-order valence-corrected chi connectivity index (χ1v) is 12.1. The molecule has 0 aliphatic heterocycles. The van der Waals surface area contributed by atoms with Crippen molar-refractivity contribution in [3.05, 3.63) is 82.3 Å². The zero-order valence-electron chi connectivity index (χ0n) is 21.8. The van der Waals surface area contributed by atoms with E-state index in [1.807, 2.05) is 75.5 Å². The standard InChI is InChI=1S/C30H34N4O2/c1-6-24(2)11-10-18-33(20-17-26-12-8-7-9-13-26)25(3)16-19-32(4)23-34-29-21-27(36-5)14-15-28(29)31-22-30(34)35/h6-9,12-15,21-22,25H,16,18-19,23H2,1-5H3/b24-6+. The van der Waals surface area contributed by atoms with Gasteiger partial charge in [0.15, 0.2) is 0 Å². The van der Waals surface area contributed by atoms with E-state index in [4.69, 9.17) is 4.74 Å². The fourth-order valence-electron chi connectivity index (χ4n) is 3.59. The van der Waals surface area contributed by atoms with Crippen molar-refractivity contribution in [2.75, 3.05) is 27.2 Å². The number of hydrogen-bond donors (Lipinski definition) is 0. The second-order valence-corrected chi connectivity index (χ2v) is 8.74. The second-order valence-electron chi connectivity index (χ2n) is 8.74. The molecule has 186 valence electrons. The van der Waals surface area contributed by atoms with Crippen LogP contribution < -0.4 is 10.3 Å². The highest BCUT2D eigenvalue weighted by molar-refractivity contribution is 5.76. The van der Waals surface area contributed by atoms with Gasteiger partial charge in [0.25, 0.3) is 5.56 Å². The Balaban J connectivity index is 1.72. The molecule has 0 N–H and O–H groups in total. The van der Waals surface area contributed by atoms with E-state index in [-0.39, 0.29) is 11.6 Å². The maximum Gasteiger partial charge on any atom is 0.270 e. The molecule has 3 rings (SSSR count). The summed E-state index contributed by atoms with van der Waals surface area (Å²) in [5, 5.41) is 0. The summed E-state index contributed by atoms with van der Waals surface area (Å²) in [6, 6.07) is 19.0. The van der Waals surface area contributed by atoms with Crippen LogP contribution in [-0.4, -0.2) is 52.6 Å². The maximum absolute atomic E-state index is 12.6. The van der Waals surface area contributed by atoms with Crippen LogP contribution in [0.3, 0.4) is 0 Å². The number of aromatic nitrogens is 2. The van der Waals surface area contributed by atoms with Crippen LogP contribution in [0.4, 0.5) is 0 Å². The molecule has 0 fully saturated rings. The summed E-state index contributed by atoms with van der Waals surface area (Å²) in [5.41, 5.74) is 3.40. The van der Waals surface area contributed by atoms with Gasteiger partial charge in [-0.05, 0) is 70.0 Å². The Morgan fingerprint density at radius 2 is 2.00 bits per heavy atom. The van der Waals surface area contributed by atoms with Gasteiger partial charge in [-0.3, -0.25) is 14.3 Å². The number of ether oxygens (including phenoxy) is 1. The number of nitrogens with zero attached hydrogens (tertiary/aromatic N) is 4. The highest BCUT2D eigenvalue weighted by atomic mass is 16.5. The summed E-state index contributed by atoms with van der Waals surface area (Å²) < 4.78 is 7.08.